The molecule has 1 aromatic carbocycles. The maximum atomic E-state index is 12.7. The van der Waals surface area contributed by atoms with Gasteiger partial charge >= 0.3 is 5.97 Å². The standard InChI is InChI=1S/C22H22N2O6S/c1-15-18-6-2-3-7-20(18)30-21(15)19(25)14-29-22(26)16-8-11-24(12-9-16)31(27,28)17-5-4-10-23-13-17/h2-7,10,13,16H,8-9,11-12,14H2,1H3. The molecule has 162 valence electrons. The summed E-state index contributed by atoms with van der Waals surface area (Å²) in [5.74, 6) is -1.17. The van der Waals surface area contributed by atoms with Crippen molar-refractivity contribution in [3.05, 3.63) is 60.1 Å². The molecule has 1 fully saturated rings. The number of ketones is 1. The first-order valence-corrected chi connectivity index (χ1v) is 11.4. The van der Waals surface area contributed by atoms with Crippen LogP contribution in [0.4, 0.5) is 0 Å². The number of fused-ring (bicyclic) bond motifs is 1. The van der Waals surface area contributed by atoms with E-state index in [4.69, 9.17) is 9.15 Å². The fraction of sp³-hybridized carbons (Fsp3) is 0.318. The average Bonchev–Trinajstić information content (AvgIpc) is 3.14. The number of Topliss-reactive ketones (excluding diaryl/α,β-unsaturated/α-hetero) is 1. The first-order valence-electron chi connectivity index (χ1n) is 9.96. The van der Waals surface area contributed by atoms with Gasteiger partial charge < -0.3 is 9.15 Å². The molecule has 0 spiro atoms. The summed E-state index contributed by atoms with van der Waals surface area (Å²) >= 11 is 0. The van der Waals surface area contributed by atoms with Gasteiger partial charge in [0.2, 0.25) is 15.8 Å². The Bertz CT molecular complexity index is 1210. The van der Waals surface area contributed by atoms with Crippen LogP contribution in [-0.4, -0.2) is 49.2 Å². The van der Waals surface area contributed by atoms with Gasteiger partial charge in [0.05, 0.1) is 5.92 Å². The van der Waals surface area contributed by atoms with Crippen LogP contribution in [0.5, 0.6) is 0 Å². The summed E-state index contributed by atoms with van der Waals surface area (Å²) in [6.07, 6.45) is 3.48. The summed E-state index contributed by atoms with van der Waals surface area (Å²) in [4.78, 5) is 28.9. The van der Waals surface area contributed by atoms with E-state index in [0.717, 1.165) is 5.39 Å². The minimum Gasteiger partial charge on any atom is -0.457 e. The third kappa shape index (κ3) is 4.24. The van der Waals surface area contributed by atoms with Gasteiger partial charge in [-0.2, -0.15) is 4.31 Å². The summed E-state index contributed by atoms with van der Waals surface area (Å²) in [6, 6.07) is 10.4. The zero-order valence-electron chi connectivity index (χ0n) is 17.0. The molecule has 0 bridgehead atoms. The minimum absolute atomic E-state index is 0.128. The van der Waals surface area contributed by atoms with Crippen LogP contribution in [0.25, 0.3) is 11.0 Å². The molecule has 3 heterocycles. The number of carbonyl (C=O) groups is 2. The van der Waals surface area contributed by atoms with Crippen molar-refractivity contribution in [1.29, 1.82) is 0 Å². The van der Waals surface area contributed by atoms with E-state index in [1.165, 1.54) is 22.8 Å². The monoisotopic (exact) mass is 442 g/mol. The summed E-state index contributed by atoms with van der Waals surface area (Å²) < 4.78 is 37.5. The smallest absolute Gasteiger partial charge is 0.309 e. The van der Waals surface area contributed by atoms with Crippen LogP contribution in [0.15, 0.2) is 58.1 Å². The van der Waals surface area contributed by atoms with Crippen molar-refractivity contribution >= 4 is 32.7 Å². The molecule has 8 nitrogen and oxygen atoms in total. The van der Waals surface area contributed by atoms with E-state index < -0.39 is 34.3 Å². The van der Waals surface area contributed by atoms with E-state index in [9.17, 15) is 18.0 Å². The van der Waals surface area contributed by atoms with Crippen molar-refractivity contribution in [2.45, 2.75) is 24.7 Å². The summed E-state index contributed by atoms with van der Waals surface area (Å²) in [6.45, 7) is 1.79. The normalized spacial score (nSPS) is 15.8. The third-order valence-electron chi connectivity index (χ3n) is 5.50. The second-order valence-electron chi connectivity index (χ2n) is 7.45. The largest absolute Gasteiger partial charge is 0.457 e. The molecule has 0 atom stereocenters. The highest BCUT2D eigenvalue weighted by Crippen LogP contribution is 2.26. The molecule has 3 aromatic rings. The minimum atomic E-state index is -3.64. The highest BCUT2D eigenvalue weighted by atomic mass is 32.2. The van der Waals surface area contributed by atoms with E-state index in [1.807, 2.05) is 18.2 Å². The van der Waals surface area contributed by atoms with Gasteiger partial charge in [-0.1, -0.05) is 18.2 Å². The molecule has 1 aliphatic rings. The summed E-state index contributed by atoms with van der Waals surface area (Å²) in [7, 11) is -3.64. The van der Waals surface area contributed by atoms with E-state index in [-0.39, 0.29) is 23.7 Å². The number of sulfonamides is 1. The number of carbonyl (C=O) groups excluding carboxylic acids is 2. The molecule has 4 rings (SSSR count). The Hall–Kier alpha value is -3.04. The Morgan fingerprint density at radius 2 is 1.90 bits per heavy atom. The van der Waals surface area contributed by atoms with Crippen LogP contribution in [0, 0.1) is 12.8 Å². The second kappa shape index (κ2) is 8.60. The molecule has 0 radical (unpaired) electrons. The van der Waals surface area contributed by atoms with Gasteiger partial charge in [0.1, 0.15) is 10.5 Å². The first kappa shape index (κ1) is 21.2. The van der Waals surface area contributed by atoms with Crippen molar-refractivity contribution in [1.82, 2.24) is 9.29 Å². The average molecular weight is 442 g/mol. The zero-order valence-corrected chi connectivity index (χ0v) is 17.8. The number of rotatable bonds is 6. The Labute approximate surface area is 179 Å². The predicted octanol–water partition coefficient (Wildman–Crippen LogP) is 2.96. The van der Waals surface area contributed by atoms with Crippen molar-refractivity contribution in [3.63, 3.8) is 0 Å². The number of aromatic nitrogens is 1. The molecule has 9 heteroatoms. The molecule has 2 aromatic heterocycles. The maximum absolute atomic E-state index is 12.7. The Morgan fingerprint density at radius 3 is 2.58 bits per heavy atom. The van der Waals surface area contributed by atoms with Crippen LogP contribution < -0.4 is 0 Å². The number of hydrogen-bond donors (Lipinski definition) is 0. The van der Waals surface area contributed by atoms with Gasteiger partial charge in [0.15, 0.2) is 12.4 Å². The molecule has 0 aliphatic carbocycles. The molecule has 0 saturated carbocycles. The SMILES string of the molecule is Cc1c(C(=O)COC(=O)C2CCN(S(=O)(=O)c3cccnc3)CC2)oc2ccccc12. The lowest BCUT2D eigenvalue weighted by molar-refractivity contribution is -0.148. The fourth-order valence-corrected chi connectivity index (χ4v) is 5.18. The lowest BCUT2D eigenvalue weighted by Gasteiger charge is -2.29. The van der Waals surface area contributed by atoms with Crippen LogP contribution in [0.3, 0.4) is 0 Å². The molecular formula is C22H22N2O6S. The van der Waals surface area contributed by atoms with Gasteiger partial charge in [-0.05, 0) is 38.0 Å². The van der Waals surface area contributed by atoms with E-state index in [0.29, 0.717) is 24.0 Å². The van der Waals surface area contributed by atoms with Crippen molar-refractivity contribution < 1.29 is 27.2 Å². The lowest BCUT2D eigenvalue weighted by atomic mass is 9.98. The Balaban J connectivity index is 1.33. The predicted molar refractivity (Wildman–Crippen MR) is 112 cm³/mol. The molecule has 31 heavy (non-hydrogen) atoms. The number of furan rings is 1. The highest BCUT2D eigenvalue weighted by molar-refractivity contribution is 7.89. The second-order valence-corrected chi connectivity index (χ2v) is 9.39. The van der Waals surface area contributed by atoms with Gasteiger partial charge in [-0.25, -0.2) is 8.42 Å². The Kier molecular flexibility index (Phi) is 5.88. The number of para-hydroxylation sites is 1. The Morgan fingerprint density at radius 1 is 1.16 bits per heavy atom. The topological polar surface area (TPSA) is 107 Å². The number of aryl methyl sites for hydroxylation is 1. The van der Waals surface area contributed by atoms with Crippen molar-refractivity contribution in [2.24, 2.45) is 5.92 Å². The van der Waals surface area contributed by atoms with Crippen LogP contribution in [0.1, 0.15) is 29.0 Å². The van der Waals surface area contributed by atoms with Crippen LogP contribution in [0.2, 0.25) is 0 Å². The maximum Gasteiger partial charge on any atom is 0.309 e. The fourth-order valence-electron chi connectivity index (χ4n) is 3.74. The van der Waals surface area contributed by atoms with E-state index >= 15 is 0 Å². The lowest BCUT2D eigenvalue weighted by Crippen LogP contribution is -2.40. The number of nitrogens with zero attached hydrogens (tertiary/aromatic N) is 2. The molecule has 1 saturated heterocycles. The molecular weight excluding hydrogens is 420 g/mol. The number of piperidine rings is 1. The number of pyridine rings is 1. The molecule has 0 amide bonds. The van der Waals surface area contributed by atoms with Gasteiger partial charge in [0.25, 0.3) is 0 Å². The van der Waals surface area contributed by atoms with E-state index in [1.54, 1.807) is 19.1 Å². The van der Waals surface area contributed by atoms with Crippen LogP contribution >= 0.6 is 0 Å². The number of benzene rings is 1. The molecule has 1 aliphatic heterocycles. The van der Waals surface area contributed by atoms with Gasteiger partial charge in [-0.15, -0.1) is 0 Å². The summed E-state index contributed by atoms with van der Waals surface area (Å²) in [5, 5.41) is 0.847. The number of hydrogen-bond acceptors (Lipinski definition) is 7. The number of ether oxygens (including phenoxy) is 1. The molecule has 0 unspecified atom stereocenters. The quantitative estimate of drug-likeness (QED) is 0.427. The van der Waals surface area contributed by atoms with Gasteiger partial charge in [-0.3, -0.25) is 14.6 Å². The van der Waals surface area contributed by atoms with Crippen molar-refractivity contribution in [2.75, 3.05) is 19.7 Å². The zero-order chi connectivity index (χ0) is 22.0. The van der Waals surface area contributed by atoms with Gasteiger partial charge in [0, 0.05) is 36.4 Å². The first-order chi connectivity index (χ1) is 14.9. The van der Waals surface area contributed by atoms with Crippen LogP contribution in [-0.2, 0) is 19.6 Å². The number of esters is 1. The molecule has 0 N–H and O–H groups in total. The van der Waals surface area contributed by atoms with Crippen molar-refractivity contribution in [3.8, 4) is 0 Å². The third-order valence-corrected chi connectivity index (χ3v) is 7.38. The highest BCUT2D eigenvalue weighted by Gasteiger charge is 2.33. The summed E-state index contributed by atoms with van der Waals surface area (Å²) in [5.41, 5.74) is 1.32. The van der Waals surface area contributed by atoms with E-state index in [2.05, 4.69) is 4.98 Å².